The van der Waals surface area contributed by atoms with Crippen molar-refractivity contribution in [3.8, 4) is 0 Å². The molecule has 1 unspecified atom stereocenters. The van der Waals surface area contributed by atoms with Gasteiger partial charge in [0.2, 0.25) is 0 Å². The molecule has 56 valence electrons. The minimum absolute atomic E-state index is 0.220. The summed E-state index contributed by atoms with van der Waals surface area (Å²) in [7, 11) is 0. The molecule has 4 nitrogen and oxygen atoms in total. The van der Waals surface area contributed by atoms with E-state index >= 15 is 0 Å². The maximum atomic E-state index is 10.6. The predicted molar refractivity (Wildman–Crippen MR) is 38.4 cm³/mol. The Morgan fingerprint density at radius 2 is 2.70 bits per heavy atom. The molecule has 0 aliphatic carbocycles. The molecule has 0 saturated carbocycles. The van der Waals surface area contributed by atoms with E-state index in [9.17, 15) is 4.79 Å². The van der Waals surface area contributed by atoms with Crippen molar-refractivity contribution in [3.63, 3.8) is 0 Å². The van der Waals surface area contributed by atoms with Gasteiger partial charge in [0, 0.05) is 12.5 Å². The molecular formula is C6H11N3O. The van der Waals surface area contributed by atoms with Gasteiger partial charge in [-0.2, -0.15) is 5.10 Å². The van der Waals surface area contributed by atoms with Gasteiger partial charge in [0.1, 0.15) is 5.71 Å². The Hall–Kier alpha value is -1.06. The number of hydrogen-bond donors (Lipinski definition) is 2. The zero-order valence-corrected chi connectivity index (χ0v) is 5.92. The summed E-state index contributed by atoms with van der Waals surface area (Å²) in [6, 6.07) is 0. The standard InChI is InChI=1S/C6H11N3O/c1-2-4-3-8-9-5(4)6(7)10/h4,8H,2-3H2,1H3,(H2,7,10). The van der Waals surface area contributed by atoms with E-state index in [-0.39, 0.29) is 5.92 Å². The van der Waals surface area contributed by atoms with Crippen molar-refractivity contribution in [1.82, 2.24) is 5.43 Å². The van der Waals surface area contributed by atoms with E-state index in [0.717, 1.165) is 13.0 Å². The second-order valence-corrected chi connectivity index (χ2v) is 2.33. The molecule has 1 amide bonds. The van der Waals surface area contributed by atoms with Gasteiger partial charge in [-0.1, -0.05) is 6.92 Å². The Labute approximate surface area is 59.5 Å². The lowest BCUT2D eigenvalue weighted by molar-refractivity contribution is -0.112. The number of carbonyl (C=O) groups is 1. The number of nitrogens with one attached hydrogen (secondary N) is 1. The van der Waals surface area contributed by atoms with Crippen LogP contribution in [0.5, 0.6) is 0 Å². The van der Waals surface area contributed by atoms with Crippen molar-refractivity contribution in [2.24, 2.45) is 16.8 Å². The van der Waals surface area contributed by atoms with Gasteiger partial charge >= 0.3 is 0 Å². The number of primary amides is 1. The molecule has 0 aromatic rings. The first-order valence-electron chi connectivity index (χ1n) is 3.36. The van der Waals surface area contributed by atoms with Gasteiger partial charge in [-0.25, -0.2) is 0 Å². The molecule has 0 radical (unpaired) electrons. The van der Waals surface area contributed by atoms with Crippen LogP contribution in [0.3, 0.4) is 0 Å². The maximum absolute atomic E-state index is 10.6. The highest BCUT2D eigenvalue weighted by Crippen LogP contribution is 2.08. The van der Waals surface area contributed by atoms with Crippen molar-refractivity contribution < 1.29 is 4.79 Å². The van der Waals surface area contributed by atoms with Crippen LogP contribution < -0.4 is 11.2 Å². The average Bonchev–Trinajstić information content (AvgIpc) is 2.33. The van der Waals surface area contributed by atoms with Gasteiger partial charge in [-0.05, 0) is 6.42 Å². The first kappa shape index (κ1) is 7.05. The van der Waals surface area contributed by atoms with Crippen molar-refractivity contribution in [1.29, 1.82) is 0 Å². The van der Waals surface area contributed by atoms with Crippen molar-refractivity contribution in [3.05, 3.63) is 0 Å². The molecular weight excluding hydrogens is 130 g/mol. The van der Waals surface area contributed by atoms with Crippen LogP contribution in [-0.2, 0) is 4.79 Å². The van der Waals surface area contributed by atoms with E-state index in [0.29, 0.717) is 5.71 Å². The Morgan fingerprint density at radius 3 is 3.10 bits per heavy atom. The second-order valence-electron chi connectivity index (χ2n) is 2.33. The van der Waals surface area contributed by atoms with Gasteiger partial charge in [0.15, 0.2) is 0 Å². The molecule has 1 aliphatic heterocycles. The van der Waals surface area contributed by atoms with Gasteiger partial charge < -0.3 is 11.2 Å². The third-order valence-electron chi connectivity index (χ3n) is 1.67. The largest absolute Gasteiger partial charge is 0.364 e. The van der Waals surface area contributed by atoms with Crippen LogP contribution in [0.1, 0.15) is 13.3 Å². The first-order chi connectivity index (χ1) is 4.75. The van der Waals surface area contributed by atoms with Crippen LogP contribution >= 0.6 is 0 Å². The fourth-order valence-corrected chi connectivity index (χ4v) is 1.02. The first-order valence-corrected chi connectivity index (χ1v) is 3.36. The monoisotopic (exact) mass is 141 g/mol. The molecule has 1 atom stereocenters. The van der Waals surface area contributed by atoms with E-state index < -0.39 is 5.91 Å². The fraction of sp³-hybridized carbons (Fsp3) is 0.667. The van der Waals surface area contributed by atoms with Crippen molar-refractivity contribution in [2.75, 3.05) is 6.54 Å². The number of hydrogen-bond acceptors (Lipinski definition) is 3. The minimum Gasteiger partial charge on any atom is -0.364 e. The third kappa shape index (κ3) is 1.10. The Morgan fingerprint density at radius 1 is 2.00 bits per heavy atom. The third-order valence-corrected chi connectivity index (χ3v) is 1.67. The number of nitrogens with zero attached hydrogens (tertiary/aromatic N) is 1. The Bertz CT molecular complexity index is 176. The summed E-state index contributed by atoms with van der Waals surface area (Å²) in [5.41, 5.74) is 8.28. The Balaban J connectivity index is 2.65. The average molecular weight is 141 g/mol. The molecule has 4 heteroatoms. The number of nitrogens with two attached hydrogens (primary N) is 1. The van der Waals surface area contributed by atoms with Gasteiger partial charge in [0.25, 0.3) is 5.91 Å². The molecule has 1 aliphatic rings. The lowest BCUT2D eigenvalue weighted by Gasteiger charge is -2.03. The smallest absolute Gasteiger partial charge is 0.265 e. The van der Waals surface area contributed by atoms with E-state index in [1.165, 1.54) is 0 Å². The summed E-state index contributed by atoms with van der Waals surface area (Å²) in [5.74, 6) is -0.186. The van der Waals surface area contributed by atoms with Crippen LogP contribution in [-0.4, -0.2) is 18.2 Å². The van der Waals surface area contributed by atoms with Gasteiger partial charge in [0.05, 0.1) is 0 Å². The highest BCUT2D eigenvalue weighted by Gasteiger charge is 2.23. The predicted octanol–water partition coefficient (Wildman–Crippen LogP) is -0.543. The summed E-state index contributed by atoms with van der Waals surface area (Å²) >= 11 is 0. The molecule has 0 fully saturated rings. The lowest BCUT2D eigenvalue weighted by Crippen LogP contribution is -2.28. The zero-order chi connectivity index (χ0) is 7.56. The summed E-state index contributed by atoms with van der Waals surface area (Å²) in [4.78, 5) is 10.6. The van der Waals surface area contributed by atoms with E-state index in [4.69, 9.17) is 5.73 Å². The molecule has 10 heavy (non-hydrogen) atoms. The van der Waals surface area contributed by atoms with E-state index in [1.54, 1.807) is 0 Å². The highest BCUT2D eigenvalue weighted by atomic mass is 16.1. The molecule has 3 N–H and O–H groups in total. The summed E-state index contributed by atoms with van der Waals surface area (Å²) < 4.78 is 0. The van der Waals surface area contributed by atoms with E-state index in [1.807, 2.05) is 6.92 Å². The van der Waals surface area contributed by atoms with Crippen LogP contribution in [0.25, 0.3) is 0 Å². The van der Waals surface area contributed by atoms with Crippen LogP contribution in [0.2, 0.25) is 0 Å². The summed E-state index contributed by atoms with van der Waals surface area (Å²) in [6.07, 6.45) is 0.911. The fourth-order valence-electron chi connectivity index (χ4n) is 1.02. The van der Waals surface area contributed by atoms with Gasteiger partial charge in [-0.3, -0.25) is 4.79 Å². The highest BCUT2D eigenvalue weighted by molar-refractivity contribution is 6.39. The minimum atomic E-state index is -0.406. The van der Waals surface area contributed by atoms with Crippen molar-refractivity contribution in [2.45, 2.75) is 13.3 Å². The molecule has 0 saturated heterocycles. The zero-order valence-electron chi connectivity index (χ0n) is 5.92. The Kier molecular flexibility index (Phi) is 1.89. The molecule has 0 aromatic carbocycles. The normalized spacial score (nSPS) is 23.7. The van der Waals surface area contributed by atoms with Crippen LogP contribution in [0.15, 0.2) is 5.10 Å². The molecule has 1 rings (SSSR count). The number of carbonyl (C=O) groups excluding carboxylic acids is 1. The van der Waals surface area contributed by atoms with Crippen LogP contribution in [0, 0.1) is 5.92 Å². The topological polar surface area (TPSA) is 67.5 Å². The second kappa shape index (κ2) is 2.68. The molecule has 0 aromatic heterocycles. The van der Waals surface area contributed by atoms with Crippen LogP contribution in [0.4, 0.5) is 0 Å². The van der Waals surface area contributed by atoms with Crippen molar-refractivity contribution >= 4 is 11.6 Å². The van der Waals surface area contributed by atoms with E-state index in [2.05, 4.69) is 10.5 Å². The summed E-state index contributed by atoms with van der Waals surface area (Å²) in [6.45, 7) is 2.75. The molecule has 0 bridgehead atoms. The maximum Gasteiger partial charge on any atom is 0.265 e. The molecule has 1 heterocycles. The van der Waals surface area contributed by atoms with Gasteiger partial charge in [-0.15, -0.1) is 0 Å². The number of amides is 1. The molecule has 0 spiro atoms. The number of hydrazone groups is 1. The number of rotatable bonds is 2. The lowest BCUT2D eigenvalue weighted by atomic mass is 10.0. The summed E-state index contributed by atoms with van der Waals surface area (Å²) in [5, 5.41) is 3.78. The SMILES string of the molecule is CCC1CNN=C1C(N)=O. The quantitative estimate of drug-likeness (QED) is 0.542.